The van der Waals surface area contributed by atoms with E-state index in [-0.39, 0.29) is 6.29 Å². The molecule has 0 N–H and O–H groups in total. The predicted octanol–water partition coefficient (Wildman–Crippen LogP) is 2.74. The molecule has 0 saturated carbocycles. The van der Waals surface area contributed by atoms with Gasteiger partial charge in [-0.2, -0.15) is 0 Å². The third-order valence-electron chi connectivity index (χ3n) is 6.12. The van der Waals surface area contributed by atoms with Gasteiger partial charge in [0.1, 0.15) is 0 Å². The van der Waals surface area contributed by atoms with Crippen molar-refractivity contribution in [1.29, 1.82) is 0 Å². The lowest BCUT2D eigenvalue weighted by molar-refractivity contribution is -0.169. The van der Waals surface area contributed by atoms with Crippen LogP contribution in [0.2, 0.25) is 0 Å². The maximum Gasteiger partial charge on any atom is 0.157 e. The van der Waals surface area contributed by atoms with E-state index in [9.17, 15) is 0 Å². The average molecular weight is 613 g/mol. The van der Waals surface area contributed by atoms with Crippen molar-refractivity contribution in [3.63, 3.8) is 0 Å². The highest BCUT2D eigenvalue weighted by Crippen LogP contribution is 2.13. The smallest absolute Gasteiger partial charge is 0.157 e. The van der Waals surface area contributed by atoms with Crippen molar-refractivity contribution in [3.8, 4) is 0 Å². The average Bonchev–Trinajstić information content (AvgIpc) is 3.02. The van der Waals surface area contributed by atoms with Crippen LogP contribution in [0.4, 0.5) is 0 Å². The third kappa shape index (κ3) is 29.6. The molecule has 252 valence electrons. The molecule has 2 unspecified atom stereocenters. The number of ether oxygens (including phenoxy) is 12. The van der Waals surface area contributed by atoms with Gasteiger partial charge in [0.2, 0.25) is 0 Å². The molecule has 0 bridgehead atoms. The molecule has 2 atom stereocenters. The van der Waals surface area contributed by atoms with Crippen LogP contribution >= 0.6 is 0 Å². The first-order valence-electron chi connectivity index (χ1n) is 15.8. The quantitative estimate of drug-likeness (QED) is 0.0997. The van der Waals surface area contributed by atoms with Crippen LogP contribution in [0.25, 0.3) is 0 Å². The van der Waals surface area contributed by atoms with Gasteiger partial charge in [-0.25, -0.2) is 0 Å². The Morgan fingerprint density at radius 1 is 0.476 bits per heavy atom. The zero-order valence-electron chi connectivity index (χ0n) is 26.4. The number of hydrogen-bond donors (Lipinski definition) is 0. The Morgan fingerprint density at radius 3 is 1.12 bits per heavy atom. The van der Waals surface area contributed by atoms with Crippen LogP contribution in [0.3, 0.4) is 0 Å². The summed E-state index contributed by atoms with van der Waals surface area (Å²) < 4.78 is 65.9. The van der Waals surface area contributed by atoms with Crippen LogP contribution in [0.5, 0.6) is 0 Å². The van der Waals surface area contributed by atoms with Crippen LogP contribution in [0, 0.1) is 5.92 Å². The lowest BCUT2D eigenvalue weighted by atomic mass is 10.1. The summed E-state index contributed by atoms with van der Waals surface area (Å²) in [6, 6.07) is 0. The Balaban J connectivity index is 1.61. The van der Waals surface area contributed by atoms with E-state index in [0.717, 1.165) is 32.5 Å². The summed E-state index contributed by atoms with van der Waals surface area (Å²) in [4.78, 5) is 0. The monoisotopic (exact) mass is 612 g/mol. The molecule has 1 aliphatic rings. The van der Waals surface area contributed by atoms with Crippen LogP contribution in [0.15, 0.2) is 0 Å². The molecule has 0 aromatic carbocycles. The van der Waals surface area contributed by atoms with Gasteiger partial charge in [-0.3, -0.25) is 0 Å². The molecular formula is C30H60O12. The van der Waals surface area contributed by atoms with E-state index in [1.165, 1.54) is 6.42 Å². The van der Waals surface area contributed by atoms with Crippen molar-refractivity contribution in [2.75, 3.05) is 145 Å². The summed E-state index contributed by atoms with van der Waals surface area (Å²) in [5, 5.41) is 0. The molecule has 0 radical (unpaired) electrons. The van der Waals surface area contributed by atoms with E-state index < -0.39 is 0 Å². The van der Waals surface area contributed by atoms with Crippen LogP contribution in [0.1, 0.15) is 39.5 Å². The summed E-state index contributed by atoms with van der Waals surface area (Å²) in [5.74, 6) is 0.600. The van der Waals surface area contributed by atoms with E-state index >= 15 is 0 Å². The van der Waals surface area contributed by atoms with Gasteiger partial charge in [-0.1, -0.05) is 20.3 Å². The van der Waals surface area contributed by atoms with Gasteiger partial charge in [0, 0.05) is 13.2 Å². The first kappa shape index (κ1) is 39.5. The number of hydrogen-bond acceptors (Lipinski definition) is 12. The normalized spacial score (nSPS) is 16.3. The minimum Gasteiger partial charge on any atom is -0.379 e. The van der Waals surface area contributed by atoms with Gasteiger partial charge in [0.25, 0.3) is 0 Å². The van der Waals surface area contributed by atoms with Crippen molar-refractivity contribution >= 4 is 0 Å². The number of rotatable bonds is 34. The Labute approximate surface area is 254 Å². The molecule has 0 aliphatic carbocycles. The standard InChI is InChI=1S/C30H60O12/c1-3-29(2)28-40-25-24-38-21-20-36-17-16-34-13-12-32-9-8-31-10-11-33-14-15-35-18-19-37-22-23-39-26-27-42-30-6-4-5-7-41-30/h29-30H,3-28H2,1-2H3. The summed E-state index contributed by atoms with van der Waals surface area (Å²) in [6.45, 7) is 16.8. The van der Waals surface area contributed by atoms with Gasteiger partial charge in [0.05, 0.1) is 132 Å². The predicted molar refractivity (Wildman–Crippen MR) is 157 cm³/mol. The fourth-order valence-corrected chi connectivity index (χ4v) is 3.46. The summed E-state index contributed by atoms with van der Waals surface area (Å²) in [7, 11) is 0. The van der Waals surface area contributed by atoms with Crippen molar-refractivity contribution < 1.29 is 56.8 Å². The molecule has 42 heavy (non-hydrogen) atoms. The van der Waals surface area contributed by atoms with Crippen LogP contribution < -0.4 is 0 Å². The van der Waals surface area contributed by atoms with E-state index in [4.69, 9.17) is 56.8 Å². The van der Waals surface area contributed by atoms with Crippen molar-refractivity contribution in [3.05, 3.63) is 0 Å². The van der Waals surface area contributed by atoms with E-state index in [1.54, 1.807) is 0 Å². The maximum absolute atomic E-state index is 5.61. The third-order valence-corrected chi connectivity index (χ3v) is 6.12. The topological polar surface area (TPSA) is 111 Å². The fourth-order valence-electron chi connectivity index (χ4n) is 3.46. The molecule has 0 aromatic rings. The van der Waals surface area contributed by atoms with Gasteiger partial charge in [0.15, 0.2) is 6.29 Å². The molecule has 1 heterocycles. The van der Waals surface area contributed by atoms with Crippen LogP contribution in [-0.2, 0) is 56.8 Å². The molecule has 0 amide bonds. The lowest BCUT2D eigenvalue weighted by Crippen LogP contribution is -2.24. The lowest BCUT2D eigenvalue weighted by Gasteiger charge is -2.22. The van der Waals surface area contributed by atoms with Gasteiger partial charge >= 0.3 is 0 Å². The zero-order chi connectivity index (χ0) is 30.0. The largest absolute Gasteiger partial charge is 0.379 e. The Morgan fingerprint density at radius 2 is 0.810 bits per heavy atom. The highest BCUT2D eigenvalue weighted by atomic mass is 16.7. The molecular weight excluding hydrogens is 552 g/mol. The second kappa shape index (κ2) is 33.4. The molecule has 12 heteroatoms. The molecule has 12 nitrogen and oxygen atoms in total. The molecule has 0 spiro atoms. The van der Waals surface area contributed by atoms with Gasteiger partial charge in [-0.15, -0.1) is 0 Å². The van der Waals surface area contributed by atoms with Crippen LogP contribution in [-0.4, -0.2) is 152 Å². The van der Waals surface area contributed by atoms with E-state index in [2.05, 4.69) is 13.8 Å². The van der Waals surface area contributed by atoms with E-state index in [0.29, 0.717) is 138 Å². The van der Waals surface area contributed by atoms with Crippen molar-refractivity contribution in [2.45, 2.75) is 45.8 Å². The molecule has 0 aromatic heterocycles. The molecule has 1 aliphatic heterocycles. The second-order valence-corrected chi connectivity index (χ2v) is 9.77. The Kier molecular flexibility index (Phi) is 31.5. The highest BCUT2D eigenvalue weighted by molar-refractivity contribution is 4.53. The second-order valence-electron chi connectivity index (χ2n) is 9.77. The van der Waals surface area contributed by atoms with E-state index in [1.807, 2.05) is 0 Å². The molecule has 1 saturated heterocycles. The summed E-state index contributed by atoms with van der Waals surface area (Å²) in [5.41, 5.74) is 0. The minimum absolute atomic E-state index is 0.0621. The van der Waals surface area contributed by atoms with Crippen molar-refractivity contribution in [1.82, 2.24) is 0 Å². The SMILES string of the molecule is CCC(C)COCCOCCOCCOCCOCCOCCOCCOCCOCCOCCOC1CCCCO1. The van der Waals surface area contributed by atoms with Gasteiger partial charge < -0.3 is 56.8 Å². The fraction of sp³-hybridized carbons (Fsp3) is 1.00. The van der Waals surface area contributed by atoms with Crippen molar-refractivity contribution in [2.24, 2.45) is 5.92 Å². The first-order chi connectivity index (χ1) is 20.8. The first-order valence-corrected chi connectivity index (χ1v) is 15.8. The highest BCUT2D eigenvalue weighted by Gasteiger charge is 2.13. The van der Waals surface area contributed by atoms with Gasteiger partial charge in [-0.05, 0) is 25.2 Å². The Hall–Kier alpha value is -0.480. The summed E-state index contributed by atoms with van der Waals surface area (Å²) in [6.07, 6.45) is 4.34. The maximum atomic E-state index is 5.61. The molecule has 1 rings (SSSR count). The minimum atomic E-state index is -0.0621. The Bertz CT molecular complexity index is 511. The summed E-state index contributed by atoms with van der Waals surface area (Å²) >= 11 is 0. The zero-order valence-corrected chi connectivity index (χ0v) is 26.4. The molecule has 1 fully saturated rings.